The van der Waals surface area contributed by atoms with Crippen LogP contribution in [-0.4, -0.2) is 34.1 Å². The fourth-order valence-corrected chi connectivity index (χ4v) is 3.81. The lowest BCUT2D eigenvalue weighted by molar-refractivity contribution is -0.0438. The molecule has 0 bridgehead atoms. The maximum absolute atomic E-state index is 13.0. The van der Waals surface area contributed by atoms with Gasteiger partial charge in [-0.15, -0.1) is 21.5 Å². The summed E-state index contributed by atoms with van der Waals surface area (Å²) in [6, 6.07) is 2.41. The van der Waals surface area contributed by atoms with E-state index >= 15 is 0 Å². The molecule has 0 N–H and O–H groups in total. The predicted octanol–water partition coefficient (Wildman–Crippen LogP) is 3.38. The number of alkyl halides is 5. The standard InChI is InChI=1S/C13H8F5N5O3S2/c14-10(15)12-22-21-11(26-12)8-5-20-9(27-8)6-23(7-2-1-3-19-4-7)28(24,25)13(16,17)18/h1-5,10H,6H2. The highest BCUT2D eigenvalue weighted by Crippen LogP contribution is 2.34. The fourth-order valence-electron chi connectivity index (χ4n) is 1.97. The van der Waals surface area contributed by atoms with Crippen LogP contribution in [0, 0.1) is 0 Å². The van der Waals surface area contributed by atoms with Crippen molar-refractivity contribution < 1.29 is 34.8 Å². The van der Waals surface area contributed by atoms with Gasteiger partial charge in [0.25, 0.3) is 11.8 Å². The molecular formula is C13H8F5N5O3S2. The monoisotopic (exact) mass is 441 g/mol. The largest absolute Gasteiger partial charge is 0.516 e. The van der Waals surface area contributed by atoms with Crippen molar-refractivity contribution in [2.45, 2.75) is 18.5 Å². The first-order chi connectivity index (χ1) is 13.1. The Morgan fingerprint density at radius 2 is 1.96 bits per heavy atom. The lowest BCUT2D eigenvalue weighted by Gasteiger charge is -2.24. The fraction of sp³-hybridized carbons (Fsp3) is 0.231. The molecule has 0 saturated carbocycles. The van der Waals surface area contributed by atoms with Crippen molar-refractivity contribution in [3.63, 3.8) is 0 Å². The second-order valence-corrected chi connectivity index (χ2v) is 8.00. The molecule has 0 aromatic carbocycles. The Kier molecular flexibility index (Phi) is 5.29. The van der Waals surface area contributed by atoms with Crippen LogP contribution < -0.4 is 4.31 Å². The van der Waals surface area contributed by atoms with Crippen LogP contribution in [0.2, 0.25) is 0 Å². The van der Waals surface area contributed by atoms with E-state index in [1.54, 1.807) is 0 Å². The lowest BCUT2D eigenvalue weighted by Crippen LogP contribution is -2.40. The van der Waals surface area contributed by atoms with Gasteiger partial charge in [0.2, 0.25) is 0 Å². The lowest BCUT2D eigenvalue weighted by atomic mass is 10.4. The van der Waals surface area contributed by atoms with Gasteiger partial charge in [-0.3, -0.25) is 9.29 Å². The van der Waals surface area contributed by atoms with Crippen molar-refractivity contribution >= 4 is 27.0 Å². The Morgan fingerprint density at radius 1 is 1.21 bits per heavy atom. The van der Waals surface area contributed by atoms with Gasteiger partial charge in [0.1, 0.15) is 9.88 Å². The highest BCUT2D eigenvalue weighted by molar-refractivity contribution is 7.93. The van der Waals surface area contributed by atoms with E-state index in [-0.39, 0.29) is 25.8 Å². The number of halogens is 5. The molecule has 28 heavy (non-hydrogen) atoms. The molecule has 0 unspecified atom stereocenters. The number of anilines is 1. The predicted molar refractivity (Wildman–Crippen MR) is 85.8 cm³/mol. The smallest absolute Gasteiger partial charge is 0.414 e. The van der Waals surface area contributed by atoms with Crippen molar-refractivity contribution in [2.24, 2.45) is 0 Å². The number of nitrogens with zero attached hydrogens (tertiary/aromatic N) is 5. The second kappa shape index (κ2) is 7.38. The Balaban J connectivity index is 1.93. The van der Waals surface area contributed by atoms with Crippen LogP contribution in [0.3, 0.4) is 0 Å². The number of rotatable bonds is 6. The Morgan fingerprint density at radius 3 is 2.54 bits per heavy atom. The number of aromatic nitrogens is 4. The molecule has 0 aliphatic carbocycles. The summed E-state index contributed by atoms with van der Waals surface area (Å²) in [7, 11) is -5.74. The third kappa shape index (κ3) is 3.94. The van der Waals surface area contributed by atoms with Crippen molar-refractivity contribution in [3.05, 3.63) is 41.6 Å². The van der Waals surface area contributed by atoms with Crippen molar-refractivity contribution in [2.75, 3.05) is 4.31 Å². The number of hydrogen-bond acceptors (Lipinski definition) is 8. The molecular weight excluding hydrogens is 433 g/mol. The Bertz CT molecular complexity index is 1050. The van der Waals surface area contributed by atoms with Gasteiger partial charge in [0.05, 0.1) is 24.6 Å². The molecule has 0 aliphatic heterocycles. The quantitative estimate of drug-likeness (QED) is 0.541. The molecule has 0 amide bonds. The van der Waals surface area contributed by atoms with Crippen molar-refractivity contribution in [1.82, 2.24) is 20.2 Å². The molecule has 150 valence electrons. The molecule has 3 aromatic heterocycles. The molecule has 0 fully saturated rings. The molecule has 3 aromatic rings. The molecule has 15 heteroatoms. The number of thiazole rings is 1. The highest BCUT2D eigenvalue weighted by atomic mass is 32.2. The van der Waals surface area contributed by atoms with Crippen molar-refractivity contribution in [1.29, 1.82) is 0 Å². The number of hydrogen-bond donors (Lipinski definition) is 0. The molecule has 8 nitrogen and oxygen atoms in total. The molecule has 0 atom stereocenters. The van der Waals surface area contributed by atoms with Gasteiger partial charge in [-0.05, 0) is 12.1 Å². The van der Waals surface area contributed by atoms with E-state index in [0.29, 0.717) is 11.3 Å². The summed E-state index contributed by atoms with van der Waals surface area (Å²) >= 11 is 0.715. The summed E-state index contributed by atoms with van der Waals surface area (Å²) in [5, 5.41) is 6.46. The van der Waals surface area contributed by atoms with E-state index in [0.717, 1.165) is 18.5 Å². The van der Waals surface area contributed by atoms with E-state index in [4.69, 9.17) is 4.42 Å². The van der Waals surface area contributed by atoms with Gasteiger partial charge in [-0.2, -0.15) is 30.4 Å². The maximum atomic E-state index is 13.0. The average Bonchev–Trinajstić information content (AvgIpc) is 3.28. The van der Waals surface area contributed by atoms with Gasteiger partial charge < -0.3 is 4.42 Å². The zero-order valence-electron chi connectivity index (χ0n) is 13.3. The topological polar surface area (TPSA) is 102 Å². The normalized spacial score (nSPS) is 12.5. The minimum atomic E-state index is -5.74. The van der Waals surface area contributed by atoms with Gasteiger partial charge in [0.15, 0.2) is 0 Å². The molecule has 3 heterocycles. The van der Waals surface area contributed by atoms with E-state index in [1.165, 1.54) is 12.3 Å². The molecule has 3 rings (SSSR count). The Labute approximate surface area is 157 Å². The van der Waals surface area contributed by atoms with Crippen molar-refractivity contribution in [3.8, 4) is 10.8 Å². The third-order valence-corrected chi connectivity index (χ3v) is 5.66. The summed E-state index contributed by atoms with van der Waals surface area (Å²) in [4.78, 5) is 7.52. The first kappa shape index (κ1) is 20.1. The van der Waals surface area contributed by atoms with Gasteiger partial charge in [-0.25, -0.2) is 4.98 Å². The summed E-state index contributed by atoms with van der Waals surface area (Å²) < 4.78 is 92.9. The van der Waals surface area contributed by atoms with E-state index in [1.807, 2.05) is 0 Å². The highest BCUT2D eigenvalue weighted by Gasteiger charge is 2.50. The molecule has 0 spiro atoms. The number of pyridine rings is 1. The summed E-state index contributed by atoms with van der Waals surface area (Å²) in [6.45, 7) is -0.770. The molecule has 0 radical (unpaired) electrons. The zero-order chi connectivity index (χ0) is 20.5. The van der Waals surface area contributed by atoms with Crippen LogP contribution in [0.15, 0.2) is 35.1 Å². The van der Waals surface area contributed by atoms with Crippen LogP contribution in [0.25, 0.3) is 10.8 Å². The first-order valence-corrected chi connectivity index (χ1v) is 9.41. The molecule has 0 saturated heterocycles. The van der Waals surface area contributed by atoms with E-state index in [2.05, 4.69) is 20.2 Å². The minimum Gasteiger partial charge on any atom is -0.414 e. The zero-order valence-corrected chi connectivity index (χ0v) is 15.0. The first-order valence-electron chi connectivity index (χ1n) is 7.15. The molecule has 0 aliphatic rings. The van der Waals surface area contributed by atoms with Crippen LogP contribution in [0.1, 0.15) is 17.3 Å². The summed E-state index contributed by atoms with van der Waals surface area (Å²) in [5.41, 5.74) is -5.88. The number of sulfonamides is 1. The van der Waals surface area contributed by atoms with Gasteiger partial charge in [0, 0.05) is 6.20 Å². The van der Waals surface area contributed by atoms with Crippen LogP contribution in [0.4, 0.5) is 27.6 Å². The van der Waals surface area contributed by atoms with E-state index in [9.17, 15) is 30.4 Å². The van der Waals surface area contributed by atoms with Crippen LogP contribution in [0.5, 0.6) is 0 Å². The maximum Gasteiger partial charge on any atom is 0.516 e. The van der Waals surface area contributed by atoms with Crippen LogP contribution >= 0.6 is 11.3 Å². The third-order valence-electron chi connectivity index (χ3n) is 3.19. The summed E-state index contributed by atoms with van der Waals surface area (Å²) in [5.74, 6) is -1.24. The summed E-state index contributed by atoms with van der Waals surface area (Å²) in [6.07, 6.45) is 0.320. The minimum absolute atomic E-state index is 0.0662. The second-order valence-electron chi connectivity index (χ2n) is 5.03. The average molecular weight is 441 g/mol. The van der Waals surface area contributed by atoms with E-state index < -0.39 is 34.4 Å². The van der Waals surface area contributed by atoms with Gasteiger partial charge >= 0.3 is 22.0 Å². The Hall–Kier alpha value is -2.68. The van der Waals surface area contributed by atoms with Gasteiger partial charge in [-0.1, -0.05) is 0 Å². The SMILES string of the molecule is O=S(=O)(N(Cc1ncc(-c2nnc(C(F)F)o2)s1)c1cccnc1)C(F)(F)F. The van der Waals surface area contributed by atoms with Crippen LogP contribution in [-0.2, 0) is 16.6 Å².